The van der Waals surface area contributed by atoms with Crippen LogP contribution in [0.25, 0.3) is 0 Å². The fourth-order valence-corrected chi connectivity index (χ4v) is 2.16. The van der Waals surface area contributed by atoms with Gasteiger partial charge in [-0.15, -0.1) is 0 Å². The first kappa shape index (κ1) is 15.9. The second kappa shape index (κ2) is 7.46. The molecule has 0 aromatic heterocycles. The molecule has 0 fully saturated rings. The zero-order valence-electron chi connectivity index (χ0n) is 11.9. The molecule has 0 amide bonds. The van der Waals surface area contributed by atoms with Crippen LogP contribution in [0.5, 0.6) is 0 Å². The molecular weight excluding hydrogens is 243 g/mol. The molecule has 1 atom stereocenters. The predicted molar refractivity (Wildman–Crippen MR) is 77.8 cm³/mol. The van der Waals surface area contributed by atoms with E-state index in [0.29, 0.717) is 12.8 Å². The van der Waals surface area contributed by atoms with Gasteiger partial charge in [-0.25, -0.2) is 4.39 Å². The predicted octanol–water partition coefficient (Wildman–Crippen LogP) is 2.53. The van der Waals surface area contributed by atoms with E-state index < -0.39 is 5.60 Å². The van der Waals surface area contributed by atoms with Gasteiger partial charge < -0.3 is 15.7 Å². The van der Waals surface area contributed by atoms with Crippen molar-refractivity contribution in [2.45, 2.75) is 38.7 Å². The Morgan fingerprint density at radius 1 is 1.37 bits per heavy atom. The highest BCUT2D eigenvalue weighted by Gasteiger charge is 2.22. The fraction of sp³-hybridized carbons (Fsp3) is 0.600. The summed E-state index contributed by atoms with van der Waals surface area (Å²) in [6.45, 7) is 5.88. The Hall–Kier alpha value is -1.13. The van der Waals surface area contributed by atoms with Crippen molar-refractivity contribution in [2.75, 3.05) is 24.5 Å². The maximum atomic E-state index is 13.2. The average molecular weight is 268 g/mol. The molecule has 0 bridgehead atoms. The number of aliphatic hydroxyl groups is 1. The first-order chi connectivity index (χ1) is 9.04. The van der Waals surface area contributed by atoms with E-state index in [4.69, 9.17) is 5.73 Å². The number of benzene rings is 1. The van der Waals surface area contributed by atoms with Crippen LogP contribution in [0.15, 0.2) is 24.3 Å². The van der Waals surface area contributed by atoms with Gasteiger partial charge in [-0.2, -0.15) is 0 Å². The van der Waals surface area contributed by atoms with E-state index in [1.165, 1.54) is 6.07 Å². The third-order valence-electron chi connectivity index (χ3n) is 3.66. The van der Waals surface area contributed by atoms with Gasteiger partial charge in [0.1, 0.15) is 5.82 Å². The van der Waals surface area contributed by atoms with E-state index in [2.05, 4.69) is 4.90 Å². The molecule has 0 aliphatic rings. The molecule has 1 aromatic carbocycles. The first-order valence-electron chi connectivity index (χ1n) is 6.97. The van der Waals surface area contributed by atoms with Crippen LogP contribution in [0.1, 0.15) is 33.1 Å². The molecule has 0 aliphatic carbocycles. The van der Waals surface area contributed by atoms with Gasteiger partial charge in [0.15, 0.2) is 0 Å². The summed E-state index contributed by atoms with van der Waals surface area (Å²) in [5.74, 6) is -0.219. The van der Waals surface area contributed by atoms with Crippen molar-refractivity contribution in [3.63, 3.8) is 0 Å². The highest BCUT2D eigenvalue weighted by molar-refractivity contribution is 5.46. The Bertz CT molecular complexity index is 380. The van der Waals surface area contributed by atoms with Gasteiger partial charge in [-0.3, -0.25) is 0 Å². The number of halogens is 1. The third-order valence-corrected chi connectivity index (χ3v) is 3.66. The molecule has 0 heterocycles. The zero-order valence-corrected chi connectivity index (χ0v) is 11.9. The van der Waals surface area contributed by atoms with Crippen LogP contribution in [0.2, 0.25) is 0 Å². The summed E-state index contributed by atoms with van der Waals surface area (Å²) >= 11 is 0. The minimum atomic E-state index is -0.763. The summed E-state index contributed by atoms with van der Waals surface area (Å²) in [5, 5.41) is 10.1. The van der Waals surface area contributed by atoms with Crippen LogP contribution in [0, 0.1) is 5.82 Å². The van der Waals surface area contributed by atoms with Crippen LogP contribution in [-0.2, 0) is 0 Å². The lowest BCUT2D eigenvalue weighted by Crippen LogP contribution is -2.38. The Balaban J connectivity index is 2.54. The Kier molecular flexibility index (Phi) is 6.25. The van der Waals surface area contributed by atoms with E-state index >= 15 is 0 Å². The van der Waals surface area contributed by atoms with Crippen molar-refractivity contribution in [1.29, 1.82) is 0 Å². The van der Waals surface area contributed by atoms with Gasteiger partial charge >= 0.3 is 0 Å². The number of nitrogens with two attached hydrogens (primary N) is 1. The Morgan fingerprint density at radius 3 is 2.63 bits per heavy atom. The first-order valence-corrected chi connectivity index (χ1v) is 6.97. The molecule has 19 heavy (non-hydrogen) atoms. The van der Waals surface area contributed by atoms with Gasteiger partial charge in [0.05, 0.1) is 5.60 Å². The molecular formula is C15H25FN2O. The fourth-order valence-electron chi connectivity index (χ4n) is 2.16. The molecule has 3 nitrogen and oxygen atoms in total. The highest BCUT2D eigenvalue weighted by Crippen LogP contribution is 2.19. The van der Waals surface area contributed by atoms with Gasteiger partial charge in [0.25, 0.3) is 0 Å². The quantitative estimate of drug-likeness (QED) is 0.761. The normalized spacial score (nSPS) is 14.2. The van der Waals surface area contributed by atoms with Crippen LogP contribution in [-0.4, -0.2) is 30.3 Å². The van der Waals surface area contributed by atoms with Crippen molar-refractivity contribution in [2.24, 2.45) is 5.73 Å². The Labute approximate surface area is 115 Å². The maximum absolute atomic E-state index is 13.2. The molecule has 4 heteroatoms. The maximum Gasteiger partial charge on any atom is 0.125 e. The highest BCUT2D eigenvalue weighted by atomic mass is 19.1. The van der Waals surface area contributed by atoms with E-state index in [-0.39, 0.29) is 12.4 Å². The van der Waals surface area contributed by atoms with E-state index in [1.807, 2.05) is 19.9 Å². The standard InChI is InChI=1S/C15H25FN2O/c1-3-15(19,12-17)9-6-10-18(4-2)14-8-5-7-13(16)11-14/h5,7-8,11,19H,3-4,6,9-10,12,17H2,1-2H3. The van der Waals surface area contributed by atoms with Crippen molar-refractivity contribution in [3.8, 4) is 0 Å². The van der Waals surface area contributed by atoms with Crippen molar-refractivity contribution < 1.29 is 9.50 Å². The molecule has 0 saturated carbocycles. The van der Waals surface area contributed by atoms with E-state index in [9.17, 15) is 9.50 Å². The largest absolute Gasteiger partial charge is 0.389 e. The zero-order chi connectivity index (χ0) is 14.3. The topological polar surface area (TPSA) is 49.5 Å². The molecule has 3 N–H and O–H groups in total. The number of nitrogens with zero attached hydrogens (tertiary/aromatic N) is 1. The second-order valence-electron chi connectivity index (χ2n) is 4.95. The van der Waals surface area contributed by atoms with E-state index in [0.717, 1.165) is 25.2 Å². The lowest BCUT2D eigenvalue weighted by molar-refractivity contribution is 0.0350. The van der Waals surface area contributed by atoms with Gasteiger partial charge in [0.2, 0.25) is 0 Å². The molecule has 0 radical (unpaired) electrons. The summed E-state index contributed by atoms with van der Waals surface area (Å²) in [4.78, 5) is 2.11. The van der Waals surface area contributed by atoms with Crippen LogP contribution < -0.4 is 10.6 Å². The number of hydrogen-bond donors (Lipinski definition) is 2. The summed E-state index contributed by atoms with van der Waals surface area (Å²) in [6.07, 6.45) is 2.17. The molecule has 0 saturated heterocycles. The van der Waals surface area contributed by atoms with Crippen LogP contribution >= 0.6 is 0 Å². The molecule has 0 aliphatic heterocycles. The van der Waals surface area contributed by atoms with Crippen molar-refractivity contribution >= 4 is 5.69 Å². The molecule has 1 rings (SSSR count). The monoisotopic (exact) mass is 268 g/mol. The lowest BCUT2D eigenvalue weighted by atomic mass is 9.95. The molecule has 0 spiro atoms. The van der Waals surface area contributed by atoms with Crippen LogP contribution in [0.4, 0.5) is 10.1 Å². The van der Waals surface area contributed by atoms with Crippen molar-refractivity contribution in [3.05, 3.63) is 30.1 Å². The van der Waals surface area contributed by atoms with Crippen LogP contribution in [0.3, 0.4) is 0 Å². The Morgan fingerprint density at radius 2 is 2.11 bits per heavy atom. The summed E-state index contributed by atoms with van der Waals surface area (Å²) < 4.78 is 13.2. The summed E-state index contributed by atoms with van der Waals surface area (Å²) in [6, 6.07) is 6.61. The number of rotatable bonds is 8. The van der Waals surface area contributed by atoms with E-state index in [1.54, 1.807) is 12.1 Å². The molecule has 1 unspecified atom stereocenters. The van der Waals surface area contributed by atoms with Gasteiger partial charge in [0, 0.05) is 25.3 Å². The smallest absolute Gasteiger partial charge is 0.125 e. The molecule has 1 aromatic rings. The lowest BCUT2D eigenvalue weighted by Gasteiger charge is -2.28. The second-order valence-corrected chi connectivity index (χ2v) is 4.95. The van der Waals surface area contributed by atoms with Gasteiger partial charge in [-0.1, -0.05) is 13.0 Å². The minimum absolute atomic E-state index is 0.219. The third kappa shape index (κ3) is 4.80. The minimum Gasteiger partial charge on any atom is -0.389 e. The van der Waals surface area contributed by atoms with Gasteiger partial charge in [-0.05, 0) is 44.4 Å². The summed E-state index contributed by atoms with van der Waals surface area (Å²) in [5.41, 5.74) is 5.71. The summed E-state index contributed by atoms with van der Waals surface area (Å²) in [7, 11) is 0. The van der Waals surface area contributed by atoms with Crippen molar-refractivity contribution in [1.82, 2.24) is 0 Å². The average Bonchev–Trinajstić information content (AvgIpc) is 2.43. The number of hydrogen-bond acceptors (Lipinski definition) is 3. The molecule has 108 valence electrons. The number of anilines is 1. The SMILES string of the molecule is CCN(CCCC(O)(CC)CN)c1cccc(F)c1.